The molecule has 8 nitrogen and oxygen atoms in total. The molecule has 4 aromatic rings. The molecule has 0 unspecified atom stereocenters. The van der Waals surface area contributed by atoms with Gasteiger partial charge in [0.05, 0.1) is 27.9 Å². The highest BCUT2D eigenvalue weighted by Gasteiger charge is 2.40. The summed E-state index contributed by atoms with van der Waals surface area (Å²) in [5, 5.41) is 10.8. The number of H-pyrrole nitrogens is 1. The number of amides is 3. The fourth-order valence-corrected chi connectivity index (χ4v) is 3.78. The number of carbonyl (C=O) groups is 3. The zero-order valence-corrected chi connectivity index (χ0v) is 16.9. The molecule has 9 heteroatoms. The van der Waals surface area contributed by atoms with Crippen LogP contribution in [0.3, 0.4) is 0 Å². The van der Waals surface area contributed by atoms with Crippen molar-refractivity contribution in [1.82, 2.24) is 15.2 Å². The molecule has 152 valence electrons. The molecule has 0 saturated carbocycles. The second-order valence-corrected chi connectivity index (χ2v) is 7.46. The number of hydrogen-bond donors (Lipinski definition) is 2. The molecule has 0 aliphatic carbocycles. The maximum atomic E-state index is 13.4. The zero-order chi connectivity index (χ0) is 21.7. The molecule has 0 atom stereocenters. The van der Waals surface area contributed by atoms with Gasteiger partial charge < -0.3 is 5.32 Å². The van der Waals surface area contributed by atoms with E-state index in [4.69, 9.17) is 11.6 Å². The van der Waals surface area contributed by atoms with Gasteiger partial charge in [0.2, 0.25) is 5.91 Å². The van der Waals surface area contributed by atoms with Gasteiger partial charge in [-0.15, -0.1) is 0 Å². The van der Waals surface area contributed by atoms with Crippen LogP contribution in [0, 0.1) is 0 Å². The number of nitrogens with one attached hydrogen (secondary N) is 2. The first-order valence-electron chi connectivity index (χ1n) is 9.33. The molecule has 2 aromatic heterocycles. The number of benzene rings is 2. The monoisotopic (exact) mass is 431 g/mol. The molecular weight excluding hydrogens is 418 g/mol. The number of aromatic nitrogens is 3. The summed E-state index contributed by atoms with van der Waals surface area (Å²) in [5.74, 6) is -1.14. The van der Waals surface area contributed by atoms with Crippen molar-refractivity contribution in [2.75, 3.05) is 10.2 Å². The van der Waals surface area contributed by atoms with Crippen LogP contribution in [0.25, 0.3) is 22.3 Å². The Labute approximate surface area is 180 Å². The van der Waals surface area contributed by atoms with E-state index in [9.17, 15) is 14.4 Å². The largest absolute Gasteiger partial charge is 0.326 e. The standard InChI is InChI=1S/C22H14ClN5O3/c1-11(29)25-14-6-8-15(9-7-14)28-21(30)16-10-24-20-18(17(16)22(28)31)19(26-27-20)12-2-4-13(23)5-3-12/h2-10H,1H3,(H,25,29)(H,24,26,27). The Hall–Kier alpha value is -4.04. The highest BCUT2D eigenvalue weighted by molar-refractivity contribution is 6.38. The van der Waals surface area contributed by atoms with Crippen LogP contribution in [-0.4, -0.2) is 32.9 Å². The van der Waals surface area contributed by atoms with Crippen LogP contribution >= 0.6 is 11.6 Å². The third-order valence-electron chi connectivity index (χ3n) is 5.01. The predicted molar refractivity (Wildman–Crippen MR) is 116 cm³/mol. The number of fused-ring (bicyclic) bond motifs is 3. The minimum Gasteiger partial charge on any atom is -0.326 e. The second kappa shape index (κ2) is 7.03. The van der Waals surface area contributed by atoms with Gasteiger partial charge in [0, 0.05) is 29.4 Å². The lowest BCUT2D eigenvalue weighted by molar-refractivity contribution is -0.114. The van der Waals surface area contributed by atoms with Gasteiger partial charge in [0.25, 0.3) is 11.8 Å². The fourth-order valence-electron chi connectivity index (χ4n) is 3.65. The van der Waals surface area contributed by atoms with Crippen LogP contribution in [0.1, 0.15) is 27.6 Å². The highest BCUT2D eigenvalue weighted by atomic mass is 35.5. The lowest BCUT2D eigenvalue weighted by Gasteiger charge is -2.14. The van der Waals surface area contributed by atoms with Gasteiger partial charge in [0.1, 0.15) is 0 Å². The normalized spacial score (nSPS) is 13.0. The summed E-state index contributed by atoms with van der Waals surface area (Å²) in [6.07, 6.45) is 1.37. The van der Waals surface area contributed by atoms with E-state index >= 15 is 0 Å². The Morgan fingerprint density at radius 2 is 1.74 bits per heavy atom. The number of hydrogen-bond acceptors (Lipinski definition) is 5. The molecule has 3 amide bonds. The summed E-state index contributed by atoms with van der Waals surface area (Å²) in [7, 11) is 0. The zero-order valence-electron chi connectivity index (χ0n) is 16.1. The Bertz CT molecular complexity index is 1380. The van der Waals surface area contributed by atoms with Crippen molar-refractivity contribution in [2.45, 2.75) is 6.92 Å². The van der Waals surface area contributed by atoms with Gasteiger partial charge in [-0.2, -0.15) is 5.10 Å². The second-order valence-electron chi connectivity index (χ2n) is 7.02. The first-order chi connectivity index (χ1) is 14.9. The van der Waals surface area contributed by atoms with Crippen LogP contribution in [0.4, 0.5) is 11.4 Å². The first kappa shape index (κ1) is 19.0. The summed E-state index contributed by atoms with van der Waals surface area (Å²) < 4.78 is 0. The number of anilines is 2. The molecule has 5 rings (SSSR count). The summed E-state index contributed by atoms with van der Waals surface area (Å²) in [5.41, 5.74) is 3.11. The van der Waals surface area contributed by atoms with Crippen LogP contribution in [0.2, 0.25) is 5.02 Å². The Balaban J connectivity index is 1.61. The molecule has 0 fully saturated rings. The van der Waals surface area contributed by atoms with Gasteiger partial charge >= 0.3 is 0 Å². The molecular formula is C22H14ClN5O3. The number of aromatic amines is 1. The van der Waals surface area contributed by atoms with Crippen molar-refractivity contribution < 1.29 is 14.4 Å². The fraction of sp³-hybridized carbons (Fsp3) is 0.0455. The first-order valence-corrected chi connectivity index (χ1v) is 9.71. The summed E-state index contributed by atoms with van der Waals surface area (Å²) in [6.45, 7) is 1.40. The third-order valence-corrected chi connectivity index (χ3v) is 5.26. The molecule has 2 aromatic carbocycles. The van der Waals surface area contributed by atoms with E-state index < -0.39 is 11.8 Å². The average Bonchev–Trinajstić information content (AvgIpc) is 3.28. The number of imide groups is 1. The SMILES string of the molecule is CC(=O)Nc1ccc(N2C(=O)c3cnc4n[nH]c(-c5ccc(Cl)cc5)c4c3C2=O)cc1. The molecule has 0 saturated heterocycles. The molecule has 2 N–H and O–H groups in total. The Morgan fingerprint density at radius 1 is 1.03 bits per heavy atom. The van der Waals surface area contributed by atoms with Crippen LogP contribution < -0.4 is 10.2 Å². The van der Waals surface area contributed by atoms with E-state index in [1.165, 1.54) is 13.1 Å². The van der Waals surface area contributed by atoms with Crippen LogP contribution in [-0.2, 0) is 4.79 Å². The van der Waals surface area contributed by atoms with Crippen molar-refractivity contribution >= 4 is 51.7 Å². The summed E-state index contributed by atoms with van der Waals surface area (Å²) in [6, 6.07) is 13.5. The Kier molecular flexibility index (Phi) is 4.30. The maximum Gasteiger partial charge on any atom is 0.267 e. The third kappa shape index (κ3) is 3.04. The minimum absolute atomic E-state index is 0.208. The number of halogens is 1. The van der Waals surface area contributed by atoms with Gasteiger partial charge in [-0.05, 0) is 36.4 Å². The smallest absolute Gasteiger partial charge is 0.267 e. The molecule has 0 radical (unpaired) electrons. The molecule has 1 aliphatic rings. The van der Waals surface area contributed by atoms with Crippen molar-refractivity contribution in [2.24, 2.45) is 0 Å². The summed E-state index contributed by atoms with van der Waals surface area (Å²) >= 11 is 5.99. The van der Waals surface area contributed by atoms with Crippen molar-refractivity contribution in [3.8, 4) is 11.3 Å². The number of pyridine rings is 1. The van der Waals surface area contributed by atoms with Gasteiger partial charge in [-0.3, -0.25) is 19.5 Å². The summed E-state index contributed by atoms with van der Waals surface area (Å²) in [4.78, 5) is 43.0. The highest BCUT2D eigenvalue weighted by Crippen LogP contribution is 2.36. The van der Waals surface area contributed by atoms with Crippen molar-refractivity contribution in [3.63, 3.8) is 0 Å². The minimum atomic E-state index is -0.468. The number of nitrogens with zero attached hydrogens (tertiary/aromatic N) is 3. The van der Waals surface area contributed by atoms with Gasteiger partial charge in [-0.25, -0.2) is 9.88 Å². The van der Waals surface area contributed by atoms with Gasteiger partial charge in [0.15, 0.2) is 5.65 Å². The van der Waals surface area contributed by atoms with E-state index in [2.05, 4.69) is 20.5 Å². The van der Waals surface area contributed by atoms with Crippen LogP contribution in [0.5, 0.6) is 0 Å². The van der Waals surface area contributed by atoms with Crippen molar-refractivity contribution in [1.29, 1.82) is 0 Å². The molecule has 0 spiro atoms. The number of rotatable bonds is 3. The maximum absolute atomic E-state index is 13.4. The average molecular weight is 432 g/mol. The lowest BCUT2D eigenvalue weighted by Crippen LogP contribution is -2.29. The van der Waals surface area contributed by atoms with Crippen LogP contribution in [0.15, 0.2) is 54.7 Å². The molecule has 3 heterocycles. The molecule has 0 bridgehead atoms. The predicted octanol–water partition coefficient (Wildman–Crippen LogP) is 4.04. The van der Waals surface area contributed by atoms with E-state index in [1.54, 1.807) is 48.5 Å². The molecule has 31 heavy (non-hydrogen) atoms. The quantitative estimate of drug-likeness (QED) is 0.476. The van der Waals surface area contributed by atoms with Gasteiger partial charge in [-0.1, -0.05) is 23.7 Å². The van der Waals surface area contributed by atoms with Crippen molar-refractivity contribution in [3.05, 3.63) is 70.9 Å². The Morgan fingerprint density at radius 3 is 2.42 bits per heavy atom. The topological polar surface area (TPSA) is 108 Å². The lowest BCUT2D eigenvalue weighted by atomic mass is 10.0. The van der Waals surface area contributed by atoms with E-state index in [0.717, 1.165) is 10.5 Å². The van der Waals surface area contributed by atoms with E-state index in [1.807, 2.05) is 0 Å². The van der Waals surface area contributed by atoms with E-state index in [0.29, 0.717) is 33.1 Å². The van der Waals surface area contributed by atoms with E-state index in [-0.39, 0.29) is 17.0 Å². The molecule has 1 aliphatic heterocycles. The number of carbonyl (C=O) groups excluding carboxylic acids is 3.